The third kappa shape index (κ3) is 4.34. The number of benzene rings is 3. The number of hydrogen-bond acceptors (Lipinski definition) is 6. The van der Waals surface area contributed by atoms with Crippen molar-refractivity contribution >= 4 is 34.0 Å². The van der Waals surface area contributed by atoms with Gasteiger partial charge < -0.3 is 19.2 Å². The molecule has 0 saturated carbocycles. The lowest BCUT2D eigenvalue weighted by Crippen LogP contribution is -2.31. The molecular formula is C32H32N2O5. The first kappa shape index (κ1) is 26.1. The third-order valence-corrected chi connectivity index (χ3v) is 7.58. The van der Waals surface area contributed by atoms with Crippen LogP contribution >= 0.6 is 0 Å². The lowest BCUT2D eigenvalue weighted by atomic mass is 9.94. The van der Waals surface area contributed by atoms with Crippen molar-refractivity contribution in [2.75, 3.05) is 30.0 Å². The summed E-state index contributed by atoms with van der Waals surface area (Å²) >= 11 is 0. The number of aliphatic hydroxyl groups excluding tert-OH is 1. The van der Waals surface area contributed by atoms with E-state index >= 15 is 0 Å². The van der Waals surface area contributed by atoms with Crippen LogP contribution in [0.25, 0.3) is 11.0 Å². The van der Waals surface area contributed by atoms with Crippen molar-refractivity contribution in [1.82, 2.24) is 0 Å². The second kappa shape index (κ2) is 10.3. The van der Waals surface area contributed by atoms with Crippen LogP contribution in [0.4, 0.5) is 11.4 Å². The molecule has 4 aromatic rings. The number of ketones is 1. The molecule has 1 N–H and O–H groups in total. The minimum Gasteiger partial charge on any atom is -0.503 e. The number of nitrogens with zero attached hydrogens (tertiary/aromatic N) is 2. The fourth-order valence-electron chi connectivity index (χ4n) is 5.30. The van der Waals surface area contributed by atoms with E-state index in [1.807, 2.05) is 68.4 Å². The zero-order chi connectivity index (χ0) is 27.8. The van der Waals surface area contributed by atoms with Gasteiger partial charge in [0.15, 0.2) is 22.9 Å². The van der Waals surface area contributed by atoms with Crippen LogP contribution in [-0.4, -0.2) is 37.0 Å². The van der Waals surface area contributed by atoms with Crippen LogP contribution in [0, 0.1) is 13.8 Å². The summed E-state index contributed by atoms with van der Waals surface area (Å²) in [6.07, 6.45) is 0. The molecule has 0 fully saturated rings. The van der Waals surface area contributed by atoms with Gasteiger partial charge in [0.25, 0.3) is 5.91 Å². The number of ether oxygens (including phenoxy) is 1. The Labute approximate surface area is 227 Å². The minimum absolute atomic E-state index is 0.0190. The Morgan fingerprint density at radius 2 is 1.72 bits per heavy atom. The van der Waals surface area contributed by atoms with Gasteiger partial charge in [-0.15, -0.1) is 0 Å². The van der Waals surface area contributed by atoms with Crippen molar-refractivity contribution in [2.24, 2.45) is 0 Å². The molecule has 39 heavy (non-hydrogen) atoms. The summed E-state index contributed by atoms with van der Waals surface area (Å²) in [7, 11) is 1.53. The fourth-order valence-corrected chi connectivity index (χ4v) is 5.30. The number of carbonyl (C=O) groups excluding carboxylic acids is 2. The van der Waals surface area contributed by atoms with Crippen molar-refractivity contribution in [3.05, 3.63) is 101 Å². The molecule has 0 radical (unpaired) electrons. The summed E-state index contributed by atoms with van der Waals surface area (Å²) in [5.74, 6) is -1.24. The van der Waals surface area contributed by atoms with Crippen LogP contribution in [0.3, 0.4) is 0 Å². The highest BCUT2D eigenvalue weighted by Crippen LogP contribution is 2.44. The average molecular weight is 525 g/mol. The number of aliphatic hydroxyl groups is 1. The second-order valence-corrected chi connectivity index (χ2v) is 9.64. The van der Waals surface area contributed by atoms with Crippen LogP contribution in [0.5, 0.6) is 5.75 Å². The zero-order valence-electron chi connectivity index (χ0n) is 22.8. The minimum atomic E-state index is -0.841. The molecular weight excluding hydrogens is 492 g/mol. The number of anilines is 2. The second-order valence-electron chi connectivity index (χ2n) is 9.64. The molecule has 7 nitrogen and oxygen atoms in total. The summed E-state index contributed by atoms with van der Waals surface area (Å²) in [5, 5.41) is 11.9. The summed E-state index contributed by atoms with van der Waals surface area (Å²) in [4.78, 5) is 31.4. The van der Waals surface area contributed by atoms with Crippen molar-refractivity contribution in [3.8, 4) is 5.75 Å². The maximum absolute atomic E-state index is 14.0. The Kier molecular flexibility index (Phi) is 6.91. The Morgan fingerprint density at radius 3 is 2.38 bits per heavy atom. The largest absolute Gasteiger partial charge is 0.503 e. The van der Waals surface area contributed by atoms with E-state index in [9.17, 15) is 14.7 Å². The van der Waals surface area contributed by atoms with E-state index in [2.05, 4.69) is 18.7 Å². The number of methoxy groups -OCH3 is 1. The van der Waals surface area contributed by atoms with Gasteiger partial charge in [0.05, 0.1) is 18.7 Å². The summed E-state index contributed by atoms with van der Waals surface area (Å²) in [5.41, 5.74) is 4.69. The highest BCUT2D eigenvalue weighted by Gasteiger charge is 2.46. The number of Topliss-reactive ketones (excluding diaryl/α,β-unsaturated/α-hetero) is 1. The van der Waals surface area contributed by atoms with E-state index < -0.39 is 23.5 Å². The molecule has 2 heterocycles. The number of rotatable bonds is 8. The number of amides is 1. The molecule has 0 aliphatic carbocycles. The Balaban J connectivity index is 1.66. The van der Waals surface area contributed by atoms with Gasteiger partial charge in [0, 0.05) is 29.9 Å². The lowest BCUT2D eigenvalue weighted by molar-refractivity contribution is -0.117. The van der Waals surface area contributed by atoms with E-state index in [1.165, 1.54) is 12.0 Å². The maximum atomic E-state index is 14.0. The standard InChI is InChI=1S/C32H32N2O5/c1-6-33(7-2)23-16-14-21(15-17-23)28-27(29(35)26-18-22-11-9-13-25(38-5)31(22)39-26)30(36)32(37)34(28)24-12-8-10-19(3)20(24)4/h8-18,28,36H,6-7H2,1-5H3. The normalized spacial score (nSPS) is 15.4. The molecule has 1 aromatic heterocycles. The van der Waals surface area contributed by atoms with E-state index in [0.29, 0.717) is 28.0 Å². The van der Waals surface area contributed by atoms with E-state index in [1.54, 1.807) is 12.1 Å². The maximum Gasteiger partial charge on any atom is 0.294 e. The van der Waals surface area contributed by atoms with Crippen molar-refractivity contribution in [1.29, 1.82) is 0 Å². The van der Waals surface area contributed by atoms with Gasteiger partial charge in [-0.1, -0.05) is 36.4 Å². The number of furan rings is 1. The van der Waals surface area contributed by atoms with Gasteiger partial charge in [-0.3, -0.25) is 14.5 Å². The molecule has 1 aliphatic heterocycles. The Bertz CT molecular complexity index is 1590. The first-order chi connectivity index (χ1) is 18.8. The molecule has 0 spiro atoms. The van der Waals surface area contributed by atoms with Gasteiger partial charge in [-0.2, -0.15) is 0 Å². The summed E-state index contributed by atoms with van der Waals surface area (Å²) < 4.78 is 11.3. The monoisotopic (exact) mass is 524 g/mol. The topological polar surface area (TPSA) is 83.2 Å². The molecule has 0 bridgehead atoms. The van der Waals surface area contributed by atoms with Crippen LogP contribution in [0.2, 0.25) is 0 Å². The number of aryl methyl sites for hydroxylation is 1. The van der Waals surface area contributed by atoms with Gasteiger partial charge in [0.1, 0.15) is 0 Å². The van der Waals surface area contributed by atoms with Crippen LogP contribution in [-0.2, 0) is 4.79 Å². The van der Waals surface area contributed by atoms with Gasteiger partial charge in [0.2, 0.25) is 5.78 Å². The molecule has 5 rings (SSSR count). The predicted octanol–water partition coefficient (Wildman–Crippen LogP) is 6.69. The molecule has 7 heteroatoms. The van der Waals surface area contributed by atoms with Gasteiger partial charge in [-0.05, 0) is 74.7 Å². The molecule has 3 aromatic carbocycles. The van der Waals surface area contributed by atoms with Crippen molar-refractivity contribution in [2.45, 2.75) is 33.7 Å². The van der Waals surface area contributed by atoms with Crippen LogP contribution in [0.15, 0.2) is 82.5 Å². The van der Waals surface area contributed by atoms with Crippen molar-refractivity contribution in [3.63, 3.8) is 0 Å². The first-order valence-electron chi connectivity index (χ1n) is 13.1. The molecule has 1 aliphatic rings. The van der Waals surface area contributed by atoms with Gasteiger partial charge in [-0.25, -0.2) is 0 Å². The number of fused-ring (bicyclic) bond motifs is 1. The SMILES string of the molecule is CCN(CC)c1ccc(C2C(C(=O)c3cc4cccc(OC)c4o3)=C(O)C(=O)N2c2cccc(C)c2C)cc1. The van der Waals surface area contributed by atoms with E-state index in [-0.39, 0.29) is 11.3 Å². The average Bonchev–Trinajstić information content (AvgIpc) is 3.50. The first-order valence-corrected chi connectivity index (χ1v) is 13.1. The van der Waals surface area contributed by atoms with E-state index in [4.69, 9.17) is 9.15 Å². The lowest BCUT2D eigenvalue weighted by Gasteiger charge is -2.29. The molecule has 0 saturated heterocycles. The zero-order valence-corrected chi connectivity index (χ0v) is 22.8. The number of hydrogen-bond donors (Lipinski definition) is 1. The fraction of sp³-hybridized carbons (Fsp3) is 0.250. The van der Waals surface area contributed by atoms with Crippen molar-refractivity contribution < 1.29 is 23.8 Å². The third-order valence-electron chi connectivity index (χ3n) is 7.58. The van der Waals surface area contributed by atoms with E-state index in [0.717, 1.165) is 29.9 Å². The molecule has 1 unspecified atom stereocenters. The number of para-hydroxylation sites is 1. The quantitative estimate of drug-likeness (QED) is 0.259. The summed E-state index contributed by atoms with van der Waals surface area (Å²) in [6, 6.07) is 19.6. The number of carbonyl (C=O) groups is 2. The van der Waals surface area contributed by atoms with Gasteiger partial charge >= 0.3 is 0 Å². The summed E-state index contributed by atoms with van der Waals surface area (Å²) in [6.45, 7) is 9.79. The molecule has 1 atom stereocenters. The van der Waals surface area contributed by atoms with Crippen LogP contribution < -0.4 is 14.5 Å². The van der Waals surface area contributed by atoms with Crippen LogP contribution in [0.1, 0.15) is 47.1 Å². The Hall–Kier alpha value is -4.52. The highest BCUT2D eigenvalue weighted by atomic mass is 16.5. The highest BCUT2D eigenvalue weighted by molar-refractivity contribution is 6.21. The smallest absolute Gasteiger partial charge is 0.294 e. The molecule has 200 valence electrons. The Morgan fingerprint density at radius 1 is 1.03 bits per heavy atom. The molecule has 1 amide bonds. The predicted molar refractivity (Wildman–Crippen MR) is 153 cm³/mol.